The van der Waals surface area contributed by atoms with Crippen LogP contribution in [0.15, 0.2) is 36.8 Å². The van der Waals surface area contributed by atoms with Crippen molar-refractivity contribution in [2.24, 2.45) is 0 Å². The summed E-state index contributed by atoms with van der Waals surface area (Å²) in [6.45, 7) is 4.24. The zero-order valence-corrected chi connectivity index (χ0v) is 20.8. The summed E-state index contributed by atoms with van der Waals surface area (Å²) in [4.78, 5) is 37.7. The number of carbonyl (C=O) groups is 2. The molecule has 1 saturated heterocycles. The van der Waals surface area contributed by atoms with Crippen LogP contribution >= 0.6 is 11.3 Å². The highest BCUT2D eigenvalue weighted by atomic mass is 32.1. The van der Waals surface area contributed by atoms with Crippen molar-refractivity contribution in [3.05, 3.63) is 58.6 Å². The molecule has 1 fully saturated rings. The first-order chi connectivity index (χ1) is 17.5. The molecule has 9 nitrogen and oxygen atoms in total. The molecule has 0 radical (unpaired) electrons. The van der Waals surface area contributed by atoms with Gasteiger partial charge in [-0.15, -0.1) is 11.3 Å². The van der Waals surface area contributed by atoms with Gasteiger partial charge >= 0.3 is 12.3 Å². The van der Waals surface area contributed by atoms with E-state index in [4.69, 9.17) is 9.84 Å². The number of piperidine rings is 1. The van der Waals surface area contributed by atoms with Crippen LogP contribution in [0.25, 0.3) is 10.6 Å². The number of rotatable bonds is 6. The predicted octanol–water partition coefficient (Wildman–Crippen LogP) is 4.94. The van der Waals surface area contributed by atoms with Crippen LogP contribution in [0.5, 0.6) is 5.75 Å². The first-order valence-corrected chi connectivity index (χ1v) is 12.2. The zero-order chi connectivity index (χ0) is 26.7. The van der Waals surface area contributed by atoms with Crippen LogP contribution in [-0.4, -0.2) is 56.2 Å². The van der Waals surface area contributed by atoms with Crippen LogP contribution in [-0.2, 0) is 6.18 Å². The summed E-state index contributed by atoms with van der Waals surface area (Å²) >= 11 is 1.45. The molecule has 4 rings (SSSR count). The quantitative estimate of drug-likeness (QED) is 0.459. The van der Waals surface area contributed by atoms with E-state index in [0.717, 1.165) is 17.3 Å². The van der Waals surface area contributed by atoms with E-state index in [2.05, 4.69) is 20.3 Å². The van der Waals surface area contributed by atoms with Crippen LogP contribution in [0.3, 0.4) is 0 Å². The molecule has 2 aromatic heterocycles. The van der Waals surface area contributed by atoms with Gasteiger partial charge in [-0.25, -0.2) is 19.7 Å². The molecule has 37 heavy (non-hydrogen) atoms. The number of carboxylic acid groups (broad SMARTS) is 1. The maximum absolute atomic E-state index is 13.1. The molecule has 196 valence electrons. The second-order valence-corrected chi connectivity index (χ2v) is 9.88. The highest BCUT2D eigenvalue weighted by Crippen LogP contribution is 2.31. The number of hydrogen-bond acceptors (Lipinski definition) is 7. The van der Waals surface area contributed by atoms with E-state index >= 15 is 0 Å². The lowest BCUT2D eigenvalue weighted by molar-refractivity contribution is -0.145. The van der Waals surface area contributed by atoms with Crippen molar-refractivity contribution in [3.8, 4) is 16.3 Å². The minimum absolute atomic E-state index is 0.219. The van der Waals surface area contributed by atoms with Gasteiger partial charge in [0.05, 0.1) is 6.04 Å². The summed E-state index contributed by atoms with van der Waals surface area (Å²) in [5.41, 5.74) is 1.27. The Kier molecular flexibility index (Phi) is 7.62. The monoisotopic (exact) mass is 535 g/mol. The third-order valence-corrected chi connectivity index (χ3v) is 6.79. The van der Waals surface area contributed by atoms with Crippen molar-refractivity contribution >= 4 is 23.3 Å². The van der Waals surface area contributed by atoms with Crippen molar-refractivity contribution in [3.63, 3.8) is 0 Å². The summed E-state index contributed by atoms with van der Waals surface area (Å²) in [5, 5.41) is 12.6. The molecule has 3 aromatic rings. The molecular formula is C24H24F3N5O4S. The Morgan fingerprint density at radius 2 is 1.81 bits per heavy atom. The molecule has 0 spiro atoms. The van der Waals surface area contributed by atoms with Crippen molar-refractivity contribution in [1.29, 1.82) is 0 Å². The molecule has 2 N–H and O–H groups in total. The smallest absolute Gasteiger partial charge is 0.451 e. The molecule has 2 amide bonds. The van der Waals surface area contributed by atoms with E-state index in [1.54, 1.807) is 31.3 Å². The highest BCUT2D eigenvalue weighted by molar-refractivity contribution is 7.14. The Morgan fingerprint density at radius 1 is 1.14 bits per heavy atom. The van der Waals surface area contributed by atoms with E-state index in [-0.39, 0.29) is 11.7 Å². The lowest BCUT2D eigenvalue weighted by Gasteiger charge is -2.30. The van der Waals surface area contributed by atoms with E-state index < -0.39 is 30.0 Å². The number of thiazole rings is 1. The van der Waals surface area contributed by atoms with Gasteiger partial charge in [-0.1, -0.05) is 0 Å². The van der Waals surface area contributed by atoms with Gasteiger partial charge in [-0.2, -0.15) is 13.2 Å². The van der Waals surface area contributed by atoms with Gasteiger partial charge in [0.2, 0.25) is 5.82 Å². The Balaban J connectivity index is 1.53. The average molecular weight is 536 g/mol. The van der Waals surface area contributed by atoms with Gasteiger partial charge in [0.15, 0.2) is 0 Å². The standard InChI is InChI=1S/C24H24F3N5O4S/c1-13-10-28-21(37-13)16-7-15(8-19(9-16)36-18-3-5-32(6-4-18)23(34)35)20(33)31-14(2)17-11-29-22(30-12-17)24(25,26)27/h7-12,14,18H,3-6H2,1-2H3,(H,31,33)(H,34,35)/t14-/m1/s1. The fraction of sp³-hybridized carbons (Fsp3) is 0.375. The molecule has 0 aliphatic carbocycles. The first kappa shape index (κ1) is 26.3. The molecule has 13 heteroatoms. The van der Waals surface area contributed by atoms with Crippen LogP contribution in [0.1, 0.15) is 52.4 Å². The molecule has 1 atom stereocenters. The number of benzene rings is 1. The lowest BCUT2D eigenvalue weighted by Crippen LogP contribution is -2.41. The molecule has 1 aliphatic heterocycles. The number of aryl methyl sites for hydroxylation is 1. The Labute approximate surface area is 214 Å². The Morgan fingerprint density at radius 3 is 2.38 bits per heavy atom. The molecular weight excluding hydrogens is 511 g/mol. The Hall–Kier alpha value is -3.74. The van der Waals surface area contributed by atoms with Crippen molar-refractivity contribution in [1.82, 2.24) is 25.2 Å². The molecule has 3 heterocycles. The van der Waals surface area contributed by atoms with Gasteiger partial charge in [0.25, 0.3) is 5.91 Å². The lowest BCUT2D eigenvalue weighted by atomic mass is 10.1. The summed E-state index contributed by atoms with van der Waals surface area (Å²) < 4.78 is 44.4. The van der Waals surface area contributed by atoms with Crippen LogP contribution in [0.4, 0.5) is 18.0 Å². The van der Waals surface area contributed by atoms with E-state index in [1.807, 2.05) is 6.92 Å². The highest BCUT2D eigenvalue weighted by Gasteiger charge is 2.34. The number of aromatic nitrogens is 3. The van der Waals surface area contributed by atoms with E-state index in [0.29, 0.717) is 47.8 Å². The SMILES string of the molecule is Cc1cnc(-c2cc(OC3CCN(C(=O)O)CC3)cc(C(=O)N[C@H](C)c3cnc(C(F)(F)F)nc3)c2)s1. The number of alkyl halides is 3. The molecule has 0 bridgehead atoms. The van der Waals surface area contributed by atoms with Gasteiger partial charge in [-0.05, 0) is 32.0 Å². The molecule has 1 aliphatic rings. The van der Waals surface area contributed by atoms with Crippen LogP contribution in [0.2, 0.25) is 0 Å². The number of halogens is 3. The fourth-order valence-electron chi connectivity index (χ4n) is 3.84. The molecule has 0 saturated carbocycles. The largest absolute Gasteiger partial charge is 0.490 e. The van der Waals surface area contributed by atoms with Crippen LogP contribution in [0, 0.1) is 6.92 Å². The summed E-state index contributed by atoms with van der Waals surface area (Å²) in [6, 6.07) is 4.37. The van der Waals surface area contributed by atoms with Crippen LogP contribution < -0.4 is 10.1 Å². The average Bonchev–Trinajstić information content (AvgIpc) is 3.30. The predicted molar refractivity (Wildman–Crippen MR) is 128 cm³/mol. The fourth-order valence-corrected chi connectivity index (χ4v) is 4.59. The van der Waals surface area contributed by atoms with E-state index in [9.17, 15) is 22.8 Å². The maximum Gasteiger partial charge on any atom is 0.451 e. The maximum atomic E-state index is 13.1. The number of hydrogen-bond donors (Lipinski definition) is 2. The topological polar surface area (TPSA) is 118 Å². The summed E-state index contributed by atoms with van der Waals surface area (Å²) in [5.74, 6) is -1.28. The Bertz CT molecular complexity index is 1270. The molecule has 1 aromatic carbocycles. The summed E-state index contributed by atoms with van der Waals surface area (Å²) in [7, 11) is 0. The minimum atomic E-state index is -4.65. The number of nitrogens with one attached hydrogen (secondary N) is 1. The van der Waals surface area contributed by atoms with Crippen molar-refractivity contribution < 1.29 is 32.6 Å². The number of ether oxygens (including phenoxy) is 1. The number of amides is 2. The summed E-state index contributed by atoms with van der Waals surface area (Å²) in [6.07, 6.45) is -1.02. The number of carbonyl (C=O) groups excluding carboxylic acids is 1. The first-order valence-electron chi connectivity index (χ1n) is 11.4. The van der Waals surface area contributed by atoms with Crippen molar-refractivity contribution in [2.75, 3.05) is 13.1 Å². The second kappa shape index (κ2) is 10.7. The second-order valence-electron chi connectivity index (χ2n) is 8.64. The third kappa shape index (κ3) is 6.53. The van der Waals surface area contributed by atoms with Gasteiger partial charge in [0.1, 0.15) is 16.9 Å². The van der Waals surface area contributed by atoms with Gasteiger partial charge in [-0.3, -0.25) is 4.79 Å². The van der Waals surface area contributed by atoms with Gasteiger partial charge in [0, 0.05) is 66.1 Å². The zero-order valence-electron chi connectivity index (χ0n) is 20.0. The number of nitrogens with zero attached hydrogens (tertiary/aromatic N) is 4. The van der Waals surface area contributed by atoms with Crippen molar-refractivity contribution in [2.45, 2.75) is 45.0 Å². The molecule has 0 unspecified atom stereocenters. The number of likely N-dealkylation sites (tertiary alicyclic amines) is 1. The van der Waals surface area contributed by atoms with E-state index in [1.165, 1.54) is 16.2 Å². The minimum Gasteiger partial charge on any atom is -0.490 e. The third-order valence-electron chi connectivity index (χ3n) is 5.83. The normalized spacial score (nSPS) is 15.3. The van der Waals surface area contributed by atoms with Gasteiger partial charge < -0.3 is 20.1 Å².